The number of likely N-dealkylation sites (N-methyl/N-ethyl adjacent to an activating group) is 1. The summed E-state index contributed by atoms with van der Waals surface area (Å²) in [4.78, 5) is 15.7. The minimum atomic E-state index is -0.00393. The Hall–Kier alpha value is -1.43. The molecule has 0 fully saturated rings. The number of nitrogens with zero attached hydrogens (tertiary/aromatic N) is 2. The molecule has 0 bridgehead atoms. The summed E-state index contributed by atoms with van der Waals surface area (Å²) in [5.41, 5.74) is 0.864. The van der Waals surface area contributed by atoms with Crippen LogP contribution >= 0.6 is 0 Å². The Morgan fingerprint density at radius 2 is 1.95 bits per heavy atom. The molecule has 0 saturated carbocycles. The van der Waals surface area contributed by atoms with Gasteiger partial charge in [-0.25, -0.2) is 0 Å². The van der Waals surface area contributed by atoms with Crippen LogP contribution in [0.5, 0.6) is 0 Å². The zero-order valence-corrected chi connectivity index (χ0v) is 11.6. The van der Waals surface area contributed by atoms with E-state index in [1.165, 1.54) is 0 Å². The van der Waals surface area contributed by atoms with E-state index >= 15 is 0 Å². The Balaban J connectivity index is 2.55. The number of rotatable bonds is 8. The van der Waals surface area contributed by atoms with Crippen LogP contribution in [0.2, 0.25) is 0 Å². The number of hydrogen-bond donors (Lipinski definition) is 1. The van der Waals surface area contributed by atoms with E-state index in [1.54, 1.807) is 19.1 Å². The number of aliphatic hydroxyl groups is 1. The molecule has 5 heteroatoms. The van der Waals surface area contributed by atoms with Crippen molar-refractivity contribution < 1.29 is 14.6 Å². The summed E-state index contributed by atoms with van der Waals surface area (Å²) in [6.07, 6.45) is 0. The van der Waals surface area contributed by atoms with Crippen LogP contribution in [0.1, 0.15) is 0 Å². The number of para-hydroxylation sites is 1. The first-order chi connectivity index (χ1) is 9.19. The van der Waals surface area contributed by atoms with Gasteiger partial charge in [0.25, 0.3) is 0 Å². The van der Waals surface area contributed by atoms with E-state index in [9.17, 15) is 4.79 Å². The smallest absolute Gasteiger partial charge is 0.240 e. The van der Waals surface area contributed by atoms with E-state index in [4.69, 9.17) is 9.84 Å². The summed E-state index contributed by atoms with van der Waals surface area (Å²) in [7, 11) is 3.38. The number of anilines is 1. The number of aliphatic hydroxyl groups excluding tert-OH is 1. The topological polar surface area (TPSA) is 53.0 Å². The van der Waals surface area contributed by atoms with Gasteiger partial charge in [0.05, 0.1) is 19.8 Å². The molecule has 0 aliphatic rings. The summed E-state index contributed by atoms with van der Waals surface area (Å²) < 4.78 is 5.00. The molecule has 0 radical (unpaired) electrons. The fourth-order valence-corrected chi connectivity index (χ4v) is 1.72. The summed E-state index contributed by atoms with van der Waals surface area (Å²) in [5.74, 6) is -0.00393. The van der Waals surface area contributed by atoms with Crippen LogP contribution < -0.4 is 4.90 Å². The highest BCUT2D eigenvalue weighted by atomic mass is 16.5. The Morgan fingerprint density at radius 1 is 1.26 bits per heavy atom. The minimum absolute atomic E-state index is 0.00393. The number of methoxy groups -OCH3 is 1. The Morgan fingerprint density at radius 3 is 2.53 bits per heavy atom. The van der Waals surface area contributed by atoms with Gasteiger partial charge in [-0.3, -0.25) is 9.69 Å². The van der Waals surface area contributed by atoms with E-state index in [1.807, 2.05) is 35.2 Å². The van der Waals surface area contributed by atoms with Crippen LogP contribution in [0, 0.1) is 0 Å². The SMILES string of the molecule is COCCN(CCO)CC(=O)N(C)c1ccccc1. The lowest BCUT2D eigenvalue weighted by Crippen LogP contribution is -2.41. The standard InChI is InChI=1S/C14H22N2O3/c1-15(13-6-4-3-5-7-13)14(18)12-16(8-10-17)9-11-19-2/h3-7,17H,8-12H2,1-2H3. The van der Waals surface area contributed by atoms with Gasteiger partial charge in [0.1, 0.15) is 0 Å². The average molecular weight is 266 g/mol. The second-order valence-corrected chi connectivity index (χ2v) is 4.28. The van der Waals surface area contributed by atoms with Gasteiger partial charge < -0.3 is 14.7 Å². The highest BCUT2D eigenvalue weighted by molar-refractivity contribution is 5.94. The summed E-state index contributed by atoms with van der Waals surface area (Å²) in [6, 6.07) is 9.50. The number of amides is 1. The molecule has 1 aromatic rings. The predicted molar refractivity (Wildman–Crippen MR) is 75.3 cm³/mol. The molecule has 19 heavy (non-hydrogen) atoms. The van der Waals surface area contributed by atoms with Gasteiger partial charge in [-0.05, 0) is 12.1 Å². The molecule has 0 aliphatic carbocycles. The lowest BCUT2D eigenvalue weighted by molar-refractivity contribution is -0.119. The fraction of sp³-hybridized carbons (Fsp3) is 0.500. The van der Waals surface area contributed by atoms with Gasteiger partial charge in [-0.2, -0.15) is 0 Å². The Bertz CT molecular complexity index is 370. The molecule has 0 saturated heterocycles. The molecule has 1 amide bonds. The Labute approximate surface area is 114 Å². The van der Waals surface area contributed by atoms with Crippen LogP contribution in [0.25, 0.3) is 0 Å². The average Bonchev–Trinajstić information content (AvgIpc) is 2.45. The van der Waals surface area contributed by atoms with Crippen molar-refractivity contribution in [2.75, 3.05) is 51.9 Å². The van der Waals surface area contributed by atoms with Crippen molar-refractivity contribution >= 4 is 11.6 Å². The molecule has 0 aromatic heterocycles. The van der Waals surface area contributed by atoms with Crippen molar-refractivity contribution in [3.63, 3.8) is 0 Å². The fourth-order valence-electron chi connectivity index (χ4n) is 1.72. The monoisotopic (exact) mass is 266 g/mol. The van der Waals surface area contributed by atoms with Gasteiger partial charge in [-0.1, -0.05) is 18.2 Å². The van der Waals surface area contributed by atoms with E-state index in [-0.39, 0.29) is 19.1 Å². The molecule has 5 nitrogen and oxygen atoms in total. The molecule has 0 heterocycles. The largest absolute Gasteiger partial charge is 0.395 e. The number of carbonyl (C=O) groups excluding carboxylic acids is 1. The van der Waals surface area contributed by atoms with Gasteiger partial charge in [0.15, 0.2) is 0 Å². The molecule has 0 unspecified atom stereocenters. The van der Waals surface area contributed by atoms with Crippen LogP contribution in [0.15, 0.2) is 30.3 Å². The molecule has 0 spiro atoms. The van der Waals surface area contributed by atoms with Crippen molar-refractivity contribution in [1.82, 2.24) is 4.90 Å². The maximum atomic E-state index is 12.2. The third kappa shape index (κ3) is 5.38. The highest BCUT2D eigenvalue weighted by Gasteiger charge is 2.15. The number of benzene rings is 1. The van der Waals surface area contributed by atoms with Crippen molar-refractivity contribution in [3.8, 4) is 0 Å². The van der Waals surface area contributed by atoms with E-state index in [0.29, 0.717) is 19.7 Å². The minimum Gasteiger partial charge on any atom is -0.395 e. The van der Waals surface area contributed by atoms with Crippen molar-refractivity contribution in [2.24, 2.45) is 0 Å². The molecule has 106 valence electrons. The second kappa shape index (κ2) is 8.63. The van der Waals surface area contributed by atoms with E-state index in [2.05, 4.69) is 0 Å². The maximum Gasteiger partial charge on any atom is 0.240 e. The van der Waals surface area contributed by atoms with Gasteiger partial charge in [0.2, 0.25) is 5.91 Å². The molecule has 1 aromatic carbocycles. The summed E-state index contributed by atoms with van der Waals surface area (Å²) in [5, 5.41) is 9.00. The molecular weight excluding hydrogens is 244 g/mol. The van der Waals surface area contributed by atoms with Crippen LogP contribution in [0.4, 0.5) is 5.69 Å². The third-order valence-electron chi connectivity index (χ3n) is 2.90. The van der Waals surface area contributed by atoms with Crippen LogP contribution in [-0.2, 0) is 9.53 Å². The molecule has 1 N–H and O–H groups in total. The maximum absolute atomic E-state index is 12.2. The van der Waals surface area contributed by atoms with E-state index in [0.717, 1.165) is 5.69 Å². The summed E-state index contributed by atoms with van der Waals surface area (Å²) >= 11 is 0. The van der Waals surface area contributed by atoms with Crippen LogP contribution in [-0.4, -0.2) is 62.9 Å². The zero-order valence-electron chi connectivity index (χ0n) is 11.6. The number of carbonyl (C=O) groups is 1. The second-order valence-electron chi connectivity index (χ2n) is 4.28. The first kappa shape index (κ1) is 15.6. The van der Waals surface area contributed by atoms with Crippen molar-refractivity contribution in [3.05, 3.63) is 30.3 Å². The third-order valence-corrected chi connectivity index (χ3v) is 2.90. The predicted octanol–water partition coefficient (Wildman–Crippen LogP) is 0.590. The zero-order chi connectivity index (χ0) is 14.1. The molecule has 0 aliphatic heterocycles. The molecular formula is C14H22N2O3. The Kier molecular flexibility index (Phi) is 7.10. The first-order valence-corrected chi connectivity index (χ1v) is 6.32. The normalized spacial score (nSPS) is 10.7. The molecule has 1 rings (SSSR count). The highest BCUT2D eigenvalue weighted by Crippen LogP contribution is 2.11. The molecule has 0 atom stereocenters. The van der Waals surface area contributed by atoms with Gasteiger partial charge in [0, 0.05) is 32.9 Å². The first-order valence-electron chi connectivity index (χ1n) is 6.32. The quantitative estimate of drug-likeness (QED) is 0.748. The lowest BCUT2D eigenvalue weighted by Gasteiger charge is -2.24. The van der Waals surface area contributed by atoms with Crippen LogP contribution in [0.3, 0.4) is 0 Å². The number of ether oxygens (including phenoxy) is 1. The van der Waals surface area contributed by atoms with Gasteiger partial charge >= 0.3 is 0 Å². The number of hydrogen-bond acceptors (Lipinski definition) is 4. The van der Waals surface area contributed by atoms with E-state index < -0.39 is 0 Å². The van der Waals surface area contributed by atoms with Crippen molar-refractivity contribution in [2.45, 2.75) is 0 Å². The van der Waals surface area contributed by atoms with Gasteiger partial charge in [-0.15, -0.1) is 0 Å². The lowest BCUT2D eigenvalue weighted by atomic mass is 10.3. The van der Waals surface area contributed by atoms with Crippen molar-refractivity contribution in [1.29, 1.82) is 0 Å². The summed E-state index contributed by atoms with van der Waals surface area (Å²) in [6.45, 7) is 1.95.